The van der Waals surface area contributed by atoms with E-state index in [2.05, 4.69) is 16.8 Å². The first-order valence-corrected chi connectivity index (χ1v) is 10.8. The van der Waals surface area contributed by atoms with E-state index in [0.29, 0.717) is 30.1 Å². The highest BCUT2D eigenvalue weighted by atomic mass is 16.5. The molecule has 1 aliphatic heterocycles. The summed E-state index contributed by atoms with van der Waals surface area (Å²) < 4.78 is 10.5. The zero-order chi connectivity index (χ0) is 22.2. The standard InChI is InChI=1S/C24H31N3O4/c1-4-31-24(29)21-10-11-22(25-19(21)3)23(28)27(17-20-8-6-5-7-9-20)18(2)16-26-12-14-30-15-13-26/h5-11,18H,4,12-17H2,1-3H3. The lowest BCUT2D eigenvalue weighted by Crippen LogP contribution is -2.48. The maximum absolute atomic E-state index is 13.5. The number of amides is 1. The molecule has 1 aliphatic rings. The van der Waals surface area contributed by atoms with Crippen molar-refractivity contribution >= 4 is 11.9 Å². The maximum Gasteiger partial charge on any atom is 0.339 e. The van der Waals surface area contributed by atoms with Gasteiger partial charge in [0.05, 0.1) is 31.1 Å². The minimum absolute atomic E-state index is 0.0161. The highest BCUT2D eigenvalue weighted by molar-refractivity contribution is 5.95. The van der Waals surface area contributed by atoms with Crippen LogP contribution in [-0.2, 0) is 16.0 Å². The van der Waals surface area contributed by atoms with Gasteiger partial charge in [-0.3, -0.25) is 9.69 Å². The van der Waals surface area contributed by atoms with Crippen LogP contribution < -0.4 is 0 Å². The summed E-state index contributed by atoms with van der Waals surface area (Å²) in [6.07, 6.45) is 0. The van der Waals surface area contributed by atoms with Gasteiger partial charge in [0.1, 0.15) is 5.69 Å². The van der Waals surface area contributed by atoms with E-state index >= 15 is 0 Å². The third-order valence-electron chi connectivity index (χ3n) is 5.42. The van der Waals surface area contributed by atoms with Crippen LogP contribution in [0.5, 0.6) is 0 Å². The van der Waals surface area contributed by atoms with Gasteiger partial charge in [0.2, 0.25) is 0 Å². The Morgan fingerprint density at radius 1 is 1.16 bits per heavy atom. The molecule has 2 aromatic rings. The van der Waals surface area contributed by atoms with E-state index in [-0.39, 0.29) is 11.9 Å². The van der Waals surface area contributed by atoms with Gasteiger partial charge in [0.25, 0.3) is 5.91 Å². The number of aromatic nitrogens is 1. The van der Waals surface area contributed by atoms with Crippen LogP contribution in [0.3, 0.4) is 0 Å². The SMILES string of the molecule is CCOC(=O)c1ccc(C(=O)N(Cc2ccccc2)C(C)CN2CCOCC2)nc1C. The van der Waals surface area contributed by atoms with Crippen LogP contribution in [0.25, 0.3) is 0 Å². The van der Waals surface area contributed by atoms with E-state index in [4.69, 9.17) is 9.47 Å². The van der Waals surface area contributed by atoms with Gasteiger partial charge in [-0.15, -0.1) is 0 Å². The quantitative estimate of drug-likeness (QED) is 0.606. The zero-order valence-electron chi connectivity index (χ0n) is 18.5. The van der Waals surface area contributed by atoms with Gasteiger partial charge in [-0.1, -0.05) is 30.3 Å². The van der Waals surface area contributed by atoms with Crippen molar-refractivity contribution in [3.63, 3.8) is 0 Å². The van der Waals surface area contributed by atoms with Crippen molar-refractivity contribution < 1.29 is 19.1 Å². The van der Waals surface area contributed by atoms with Crippen molar-refractivity contribution in [2.24, 2.45) is 0 Å². The molecule has 0 spiro atoms. The van der Waals surface area contributed by atoms with Crippen LogP contribution in [0.4, 0.5) is 0 Å². The summed E-state index contributed by atoms with van der Waals surface area (Å²) >= 11 is 0. The van der Waals surface area contributed by atoms with E-state index in [0.717, 1.165) is 38.4 Å². The summed E-state index contributed by atoms with van der Waals surface area (Å²) in [4.78, 5) is 34.2. The predicted molar refractivity (Wildman–Crippen MR) is 118 cm³/mol. The summed E-state index contributed by atoms with van der Waals surface area (Å²) in [6.45, 7) is 10.3. The Balaban J connectivity index is 1.82. The number of hydrogen-bond donors (Lipinski definition) is 0. The van der Waals surface area contributed by atoms with Crippen LogP contribution in [0.2, 0.25) is 0 Å². The fourth-order valence-corrected chi connectivity index (χ4v) is 3.72. The van der Waals surface area contributed by atoms with Gasteiger partial charge < -0.3 is 14.4 Å². The number of rotatable bonds is 8. The first-order valence-electron chi connectivity index (χ1n) is 10.8. The van der Waals surface area contributed by atoms with Gasteiger partial charge >= 0.3 is 5.97 Å². The third-order valence-corrected chi connectivity index (χ3v) is 5.42. The molecule has 2 heterocycles. The molecule has 0 aliphatic carbocycles. The second-order valence-electron chi connectivity index (χ2n) is 7.73. The molecule has 1 atom stereocenters. The van der Waals surface area contributed by atoms with Gasteiger partial charge in [-0.05, 0) is 38.5 Å². The summed E-state index contributed by atoms with van der Waals surface area (Å²) in [7, 11) is 0. The number of ether oxygens (including phenoxy) is 2. The highest BCUT2D eigenvalue weighted by Gasteiger charge is 2.26. The summed E-state index contributed by atoms with van der Waals surface area (Å²) in [5.74, 6) is -0.573. The van der Waals surface area contributed by atoms with E-state index < -0.39 is 5.97 Å². The Morgan fingerprint density at radius 2 is 1.87 bits per heavy atom. The van der Waals surface area contributed by atoms with E-state index in [1.807, 2.05) is 35.2 Å². The van der Waals surface area contributed by atoms with Gasteiger partial charge in [-0.25, -0.2) is 9.78 Å². The number of hydrogen-bond acceptors (Lipinski definition) is 6. The Bertz CT molecular complexity index is 882. The molecule has 166 valence electrons. The maximum atomic E-state index is 13.5. The fraction of sp³-hybridized carbons (Fsp3) is 0.458. The molecule has 3 rings (SSSR count). The molecule has 1 aromatic carbocycles. The monoisotopic (exact) mass is 425 g/mol. The molecule has 0 radical (unpaired) electrons. The lowest BCUT2D eigenvalue weighted by atomic mass is 10.1. The molecular formula is C24H31N3O4. The fourth-order valence-electron chi connectivity index (χ4n) is 3.72. The molecule has 1 saturated heterocycles. The van der Waals surface area contributed by atoms with Crippen LogP contribution in [0, 0.1) is 6.92 Å². The molecule has 0 saturated carbocycles. The number of esters is 1. The van der Waals surface area contributed by atoms with E-state index in [1.54, 1.807) is 26.0 Å². The second-order valence-corrected chi connectivity index (χ2v) is 7.73. The first-order chi connectivity index (χ1) is 15.0. The van der Waals surface area contributed by atoms with Gasteiger partial charge in [-0.2, -0.15) is 0 Å². The normalized spacial score (nSPS) is 15.3. The Morgan fingerprint density at radius 3 is 2.52 bits per heavy atom. The highest BCUT2D eigenvalue weighted by Crippen LogP contribution is 2.16. The molecule has 0 N–H and O–H groups in total. The summed E-state index contributed by atoms with van der Waals surface area (Å²) in [6, 6.07) is 13.2. The van der Waals surface area contributed by atoms with E-state index in [9.17, 15) is 9.59 Å². The molecule has 7 heteroatoms. The number of benzene rings is 1. The lowest BCUT2D eigenvalue weighted by Gasteiger charge is -2.35. The minimum atomic E-state index is -0.423. The largest absolute Gasteiger partial charge is 0.462 e. The summed E-state index contributed by atoms with van der Waals surface area (Å²) in [5.41, 5.74) is 2.26. The number of carbonyl (C=O) groups excluding carboxylic acids is 2. The van der Waals surface area contributed by atoms with Gasteiger partial charge in [0.15, 0.2) is 0 Å². The Labute approximate surface area is 184 Å². The van der Waals surface area contributed by atoms with Crippen LogP contribution in [-0.4, -0.2) is 72.2 Å². The van der Waals surface area contributed by atoms with Crippen molar-refractivity contribution in [1.29, 1.82) is 0 Å². The molecule has 1 amide bonds. The van der Waals surface area contributed by atoms with Crippen molar-refractivity contribution in [3.05, 3.63) is 65.0 Å². The number of morpholine rings is 1. The van der Waals surface area contributed by atoms with Crippen LogP contribution >= 0.6 is 0 Å². The Hall–Kier alpha value is -2.77. The molecule has 1 fully saturated rings. The number of carbonyl (C=O) groups is 2. The topological polar surface area (TPSA) is 72.0 Å². The Kier molecular flexibility index (Phi) is 8.14. The van der Waals surface area contributed by atoms with Crippen molar-refractivity contribution in [2.75, 3.05) is 39.5 Å². The first kappa shape index (κ1) is 22.9. The smallest absolute Gasteiger partial charge is 0.339 e. The molecule has 0 bridgehead atoms. The number of pyridine rings is 1. The molecular weight excluding hydrogens is 394 g/mol. The molecule has 31 heavy (non-hydrogen) atoms. The summed E-state index contributed by atoms with van der Waals surface area (Å²) in [5, 5.41) is 0. The molecule has 1 unspecified atom stereocenters. The van der Waals surface area contributed by atoms with E-state index in [1.165, 1.54) is 0 Å². The second kappa shape index (κ2) is 11.0. The molecule has 7 nitrogen and oxygen atoms in total. The predicted octanol–water partition coefficient (Wildman–Crippen LogP) is 2.93. The van der Waals surface area contributed by atoms with Crippen molar-refractivity contribution in [2.45, 2.75) is 33.4 Å². The van der Waals surface area contributed by atoms with Gasteiger partial charge in [0, 0.05) is 32.2 Å². The third kappa shape index (κ3) is 6.12. The average Bonchev–Trinajstić information content (AvgIpc) is 2.78. The minimum Gasteiger partial charge on any atom is -0.462 e. The van der Waals surface area contributed by atoms with Crippen molar-refractivity contribution in [3.8, 4) is 0 Å². The number of aryl methyl sites for hydroxylation is 1. The average molecular weight is 426 g/mol. The van der Waals surface area contributed by atoms with Crippen molar-refractivity contribution in [1.82, 2.24) is 14.8 Å². The molecule has 1 aromatic heterocycles. The van der Waals surface area contributed by atoms with Crippen LogP contribution in [0.1, 0.15) is 46.0 Å². The zero-order valence-corrected chi connectivity index (χ0v) is 18.5. The number of nitrogens with zero attached hydrogens (tertiary/aromatic N) is 3. The lowest BCUT2D eigenvalue weighted by molar-refractivity contribution is 0.0227. The van der Waals surface area contributed by atoms with Crippen LogP contribution in [0.15, 0.2) is 42.5 Å².